The number of aryl methyl sites for hydroxylation is 1. The van der Waals surface area contributed by atoms with Gasteiger partial charge >= 0.3 is 0 Å². The van der Waals surface area contributed by atoms with E-state index in [1.807, 2.05) is 19.2 Å². The first-order valence-corrected chi connectivity index (χ1v) is 5.08. The highest BCUT2D eigenvalue weighted by Gasteiger charge is 2.02. The predicted molar refractivity (Wildman–Crippen MR) is 62.9 cm³/mol. The lowest BCUT2D eigenvalue weighted by molar-refractivity contribution is 0.323. The molecule has 0 atom stereocenters. The summed E-state index contributed by atoms with van der Waals surface area (Å²) in [6.45, 7) is 3.47. The van der Waals surface area contributed by atoms with Crippen molar-refractivity contribution in [3.63, 3.8) is 0 Å². The van der Waals surface area contributed by atoms with Crippen molar-refractivity contribution >= 4 is 0 Å². The first-order chi connectivity index (χ1) is 7.27. The highest BCUT2D eigenvalue weighted by molar-refractivity contribution is 5.36. The molecule has 0 heterocycles. The first kappa shape index (κ1) is 11.6. The molecule has 0 aliphatic rings. The van der Waals surface area contributed by atoms with Crippen molar-refractivity contribution in [1.29, 1.82) is 0 Å². The third kappa shape index (κ3) is 3.65. The summed E-state index contributed by atoms with van der Waals surface area (Å²) in [7, 11) is 1.92. The fourth-order valence-corrected chi connectivity index (χ4v) is 1.40. The molecule has 0 unspecified atom stereocenters. The van der Waals surface area contributed by atoms with Crippen LogP contribution >= 0.6 is 0 Å². The summed E-state index contributed by atoms with van der Waals surface area (Å²) in [6, 6.07) is 6.17. The molecule has 1 aromatic rings. The average molecular weight is 203 g/mol. The summed E-state index contributed by atoms with van der Waals surface area (Å²) < 4.78 is 5.60. The molecule has 0 fully saturated rings. The number of benzene rings is 1. The highest BCUT2D eigenvalue weighted by Crippen LogP contribution is 2.19. The Kier molecular flexibility index (Phi) is 4.73. The second-order valence-corrected chi connectivity index (χ2v) is 3.44. The van der Waals surface area contributed by atoms with Gasteiger partial charge in [0.2, 0.25) is 0 Å². The monoisotopic (exact) mass is 203 g/mol. The minimum Gasteiger partial charge on any atom is -0.492 e. The van der Waals surface area contributed by atoms with Crippen LogP contribution in [0.3, 0.4) is 0 Å². The van der Waals surface area contributed by atoms with E-state index in [1.165, 1.54) is 11.1 Å². The van der Waals surface area contributed by atoms with Crippen molar-refractivity contribution in [1.82, 2.24) is 5.32 Å². The zero-order valence-corrected chi connectivity index (χ0v) is 9.34. The summed E-state index contributed by atoms with van der Waals surface area (Å²) in [5, 5.41) is 3.12. The van der Waals surface area contributed by atoms with Crippen molar-refractivity contribution in [2.45, 2.75) is 19.9 Å². The second-order valence-electron chi connectivity index (χ2n) is 3.44. The van der Waals surface area contributed by atoms with Gasteiger partial charge in [0, 0.05) is 18.5 Å². The Morgan fingerprint density at radius 1 is 1.47 bits per heavy atom. The molecule has 0 amide bonds. The van der Waals surface area contributed by atoms with Gasteiger partial charge < -0.3 is 10.1 Å². The number of hydrogen-bond acceptors (Lipinski definition) is 2. The Balaban J connectivity index is 2.72. The van der Waals surface area contributed by atoms with Crippen LogP contribution in [0.15, 0.2) is 18.2 Å². The van der Waals surface area contributed by atoms with Crippen LogP contribution in [0.1, 0.15) is 17.5 Å². The Morgan fingerprint density at radius 3 is 2.93 bits per heavy atom. The maximum atomic E-state index is 5.60. The minimum atomic E-state index is 0.580. The maximum Gasteiger partial charge on any atom is 0.123 e. The first-order valence-electron chi connectivity index (χ1n) is 5.08. The Hall–Kier alpha value is -1.46. The van der Waals surface area contributed by atoms with Crippen molar-refractivity contribution < 1.29 is 4.74 Å². The van der Waals surface area contributed by atoms with Crippen LogP contribution in [0.4, 0.5) is 0 Å². The molecule has 1 N–H and O–H groups in total. The zero-order chi connectivity index (χ0) is 11.1. The summed E-state index contributed by atoms with van der Waals surface area (Å²) in [6.07, 6.45) is 5.82. The van der Waals surface area contributed by atoms with Crippen LogP contribution in [-0.2, 0) is 6.54 Å². The van der Waals surface area contributed by atoms with Gasteiger partial charge in [0.1, 0.15) is 5.75 Å². The lowest BCUT2D eigenvalue weighted by Crippen LogP contribution is -2.08. The molecule has 2 nitrogen and oxygen atoms in total. The molecule has 1 aromatic carbocycles. The minimum absolute atomic E-state index is 0.580. The molecule has 0 aromatic heterocycles. The fourth-order valence-electron chi connectivity index (χ4n) is 1.40. The van der Waals surface area contributed by atoms with Gasteiger partial charge in [-0.3, -0.25) is 0 Å². The molecule has 0 bridgehead atoms. The van der Waals surface area contributed by atoms with Crippen molar-refractivity contribution in [2.24, 2.45) is 0 Å². The standard InChI is InChI=1S/C13H17NO/c1-4-5-8-15-13-7-6-11(2)9-12(13)10-14-3/h1,6-7,9,14H,5,8,10H2,2-3H3. The molecule has 0 aliphatic heterocycles. The van der Waals surface area contributed by atoms with E-state index in [9.17, 15) is 0 Å². The van der Waals surface area contributed by atoms with E-state index in [0.717, 1.165) is 12.3 Å². The van der Waals surface area contributed by atoms with Gasteiger partial charge in [-0.1, -0.05) is 17.7 Å². The fraction of sp³-hybridized carbons (Fsp3) is 0.385. The van der Waals surface area contributed by atoms with E-state index in [4.69, 9.17) is 11.2 Å². The SMILES string of the molecule is C#CCCOc1ccc(C)cc1CNC. The molecule has 0 aliphatic carbocycles. The third-order valence-corrected chi connectivity index (χ3v) is 2.09. The van der Waals surface area contributed by atoms with Gasteiger partial charge in [-0.15, -0.1) is 12.3 Å². The maximum absolute atomic E-state index is 5.60. The lowest BCUT2D eigenvalue weighted by Gasteiger charge is -2.11. The van der Waals surface area contributed by atoms with Gasteiger partial charge in [-0.25, -0.2) is 0 Å². The average Bonchev–Trinajstić information content (AvgIpc) is 2.22. The molecule has 1 rings (SSSR count). The van der Waals surface area contributed by atoms with E-state index in [-0.39, 0.29) is 0 Å². The van der Waals surface area contributed by atoms with Crippen molar-refractivity contribution in [2.75, 3.05) is 13.7 Å². The summed E-state index contributed by atoms with van der Waals surface area (Å²) in [5.74, 6) is 3.48. The Morgan fingerprint density at radius 2 is 2.27 bits per heavy atom. The number of nitrogens with one attached hydrogen (secondary N) is 1. The summed E-state index contributed by atoms with van der Waals surface area (Å²) >= 11 is 0. The van der Waals surface area contributed by atoms with E-state index in [0.29, 0.717) is 13.0 Å². The number of terminal acetylenes is 1. The molecule has 0 saturated carbocycles. The van der Waals surface area contributed by atoms with Crippen molar-refractivity contribution in [3.8, 4) is 18.1 Å². The van der Waals surface area contributed by atoms with E-state index < -0.39 is 0 Å². The van der Waals surface area contributed by atoms with Crippen LogP contribution in [-0.4, -0.2) is 13.7 Å². The molecule has 80 valence electrons. The topological polar surface area (TPSA) is 21.3 Å². The second kappa shape index (κ2) is 6.10. The molecular weight excluding hydrogens is 186 g/mol. The smallest absolute Gasteiger partial charge is 0.123 e. The van der Waals surface area contributed by atoms with Gasteiger partial charge in [-0.05, 0) is 20.0 Å². The van der Waals surface area contributed by atoms with Gasteiger partial charge in [0.05, 0.1) is 6.61 Å². The number of ether oxygens (including phenoxy) is 1. The van der Waals surface area contributed by atoms with Crippen LogP contribution in [0.5, 0.6) is 5.75 Å². The molecule has 0 saturated heterocycles. The molecule has 2 heteroatoms. The Labute approximate surface area is 91.6 Å². The summed E-state index contributed by atoms with van der Waals surface area (Å²) in [4.78, 5) is 0. The van der Waals surface area contributed by atoms with Crippen LogP contribution in [0.2, 0.25) is 0 Å². The van der Waals surface area contributed by atoms with Crippen LogP contribution < -0.4 is 10.1 Å². The largest absolute Gasteiger partial charge is 0.492 e. The normalized spacial score (nSPS) is 9.67. The van der Waals surface area contributed by atoms with Gasteiger partial charge in [0.15, 0.2) is 0 Å². The van der Waals surface area contributed by atoms with Gasteiger partial charge in [-0.2, -0.15) is 0 Å². The van der Waals surface area contributed by atoms with E-state index in [1.54, 1.807) is 0 Å². The van der Waals surface area contributed by atoms with E-state index in [2.05, 4.69) is 24.2 Å². The van der Waals surface area contributed by atoms with Gasteiger partial charge in [0.25, 0.3) is 0 Å². The summed E-state index contributed by atoms with van der Waals surface area (Å²) in [5.41, 5.74) is 2.42. The third-order valence-electron chi connectivity index (χ3n) is 2.09. The zero-order valence-electron chi connectivity index (χ0n) is 9.34. The predicted octanol–water partition coefficient (Wildman–Crippen LogP) is 2.12. The van der Waals surface area contributed by atoms with Crippen LogP contribution in [0.25, 0.3) is 0 Å². The van der Waals surface area contributed by atoms with Crippen molar-refractivity contribution in [3.05, 3.63) is 29.3 Å². The lowest BCUT2D eigenvalue weighted by atomic mass is 10.1. The number of hydrogen-bond donors (Lipinski definition) is 1. The molecule has 0 spiro atoms. The quantitative estimate of drug-likeness (QED) is 0.584. The molecule has 15 heavy (non-hydrogen) atoms. The Bertz CT molecular complexity index is 352. The van der Waals surface area contributed by atoms with Crippen LogP contribution in [0, 0.1) is 19.3 Å². The molecular formula is C13H17NO. The highest BCUT2D eigenvalue weighted by atomic mass is 16.5. The number of rotatable bonds is 5. The van der Waals surface area contributed by atoms with E-state index >= 15 is 0 Å². The molecule has 0 radical (unpaired) electrons.